The third kappa shape index (κ3) is 4.29. The van der Waals surface area contributed by atoms with Crippen LogP contribution >= 0.6 is 0 Å². The Kier molecular flexibility index (Phi) is 4.55. The van der Waals surface area contributed by atoms with Gasteiger partial charge in [-0.2, -0.15) is 0 Å². The number of hydrogen-bond donors (Lipinski definition) is 3. The van der Waals surface area contributed by atoms with Crippen molar-refractivity contribution in [2.45, 2.75) is 38.8 Å². The zero-order valence-corrected chi connectivity index (χ0v) is 9.30. The summed E-state index contributed by atoms with van der Waals surface area (Å²) in [5.41, 5.74) is 0. The lowest BCUT2D eigenvalue weighted by Gasteiger charge is -2.26. The van der Waals surface area contributed by atoms with Crippen LogP contribution < -0.4 is 16.0 Å². The molecule has 0 aromatic heterocycles. The topological polar surface area (TPSA) is 70.2 Å². The molecule has 86 valence electrons. The fourth-order valence-electron chi connectivity index (χ4n) is 1.33. The van der Waals surface area contributed by atoms with Crippen LogP contribution in [0, 0.1) is 0 Å². The molecule has 0 bridgehead atoms. The molecule has 0 radical (unpaired) electrons. The van der Waals surface area contributed by atoms with E-state index in [0.29, 0.717) is 13.0 Å². The molecule has 2 amide bonds. The number of rotatable bonds is 5. The second kappa shape index (κ2) is 5.70. The van der Waals surface area contributed by atoms with Gasteiger partial charge in [-0.05, 0) is 26.8 Å². The molecular formula is C10H19N3O2. The van der Waals surface area contributed by atoms with Crippen LogP contribution in [0.1, 0.15) is 26.7 Å². The third-order valence-corrected chi connectivity index (χ3v) is 2.24. The van der Waals surface area contributed by atoms with E-state index in [0.717, 1.165) is 13.0 Å². The van der Waals surface area contributed by atoms with Crippen molar-refractivity contribution >= 4 is 11.8 Å². The maximum atomic E-state index is 11.3. The van der Waals surface area contributed by atoms with Gasteiger partial charge in [-0.3, -0.25) is 9.59 Å². The van der Waals surface area contributed by atoms with E-state index in [2.05, 4.69) is 16.0 Å². The largest absolute Gasteiger partial charge is 0.354 e. The zero-order valence-electron chi connectivity index (χ0n) is 9.30. The van der Waals surface area contributed by atoms with Crippen LogP contribution in [0.2, 0.25) is 0 Å². The van der Waals surface area contributed by atoms with Crippen molar-refractivity contribution < 1.29 is 9.59 Å². The van der Waals surface area contributed by atoms with Crippen LogP contribution in [0.3, 0.4) is 0 Å². The molecule has 0 unspecified atom stereocenters. The smallest absolute Gasteiger partial charge is 0.237 e. The van der Waals surface area contributed by atoms with Gasteiger partial charge in [-0.1, -0.05) is 0 Å². The van der Waals surface area contributed by atoms with Crippen molar-refractivity contribution in [3.63, 3.8) is 0 Å². The average Bonchev–Trinajstić information content (AvgIpc) is 1.98. The highest BCUT2D eigenvalue weighted by Gasteiger charge is 2.23. The number of carbonyl (C=O) groups is 2. The molecule has 5 nitrogen and oxygen atoms in total. The van der Waals surface area contributed by atoms with Gasteiger partial charge >= 0.3 is 0 Å². The summed E-state index contributed by atoms with van der Waals surface area (Å²) in [4.78, 5) is 22.5. The van der Waals surface area contributed by atoms with Crippen molar-refractivity contribution in [3.8, 4) is 0 Å². The first-order valence-electron chi connectivity index (χ1n) is 5.40. The van der Waals surface area contributed by atoms with Crippen LogP contribution in [0.4, 0.5) is 0 Å². The summed E-state index contributed by atoms with van der Waals surface area (Å²) in [5.74, 6) is -0.0227. The van der Waals surface area contributed by atoms with Crippen molar-refractivity contribution in [2.24, 2.45) is 0 Å². The molecule has 0 spiro atoms. The minimum Gasteiger partial charge on any atom is -0.354 e. The van der Waals surface area contributed by atoms with Crippen molar-refractivity contribution in [3.05, 3.63) is 0 Å². The molecule has 0 aliphatic carbocycles. The Morgan fingerprint density at radius 3 is 2.60 bits per heavy atom. The van der Waals surface area contributed by atoms with Gasteiger partial charge in [-0.25, -0.2) is 0 Å². The number of nitrogens with one attached hydrogen (secondary N) is 3. The Balaban J connectivity index is 2.04. The first-order chi connectivity index (χ1) is 7.09. The summed E-state index contributed by atoms with van der Waals surface area (Å²) in [6.07, 6.45) is 1.24. The van der Waals surface area contributed by atoms with Crippen molar-refractivity contribution in [1.82, 2.24) is 16.0 Å². The summed E-state index contributed by atoms with van der Waals surface area (Å²) in [7, 11) is 0. The van der Waals surface area contributed by atoms with E-state index < -0.39 is 0 Å². The molecule has 0 saturated carbocycles. The van der Waals surface area contributed by atoms with E-state index in [1.165, 1.54) is 0 Å². The minimum atomic E-state index is -0.0434. The minimum absolute atomic E-state index is 0.00130. The fourth-order valence-corrected chi connectivity index (χ4v) is 1.33. The second-order valence-corrected chi connectivity index (χ2v) is 4.06. The molecule has 5 heteroatoms. The summed E-state index contributed by atoms with van der Waals surface area (Å²) in [6.45, 7) is 5.14. The van der Waals surface area contributed by atoms with Crippen LogP contribution in [-0.2, 0) is 9.59 Å². The number of hydrogen-bond acceptors (Lipinski definition) is 3. The highest BCUT2D eigenvalue weighted by Crippen LogP contribution is 2.00. The molecule has 15 heavy (non-hydrogen) atoms. The maximum absolute atomic E-state index is 11.3. The SMILES string of the molecule is CC(C)NC(=O)CCNC(=O)[C@H]1CCN1. The standard InChI is InChI=1S/C10H19N3O2/c1-7(2)13-9(14)4-6-12-10(15)8-3-5-11-8/h7-8,11H,3-6H2,1-2H3,(H,12,15)(H,13,14)/t8-/m1/s1. The van der Waals surface area contributed by atoms with E-state index in [1.54, 1.807) is 0 Å². The first-order valence-corrected chi connectivity index (χ1v) is 5.40. The average molecular weight is 213 g/mol. The molecule has 1 aliphatic rings. The van der Waals surface area contributed by atoms with E-state index in [-0.39, 0.29) is 23.9 Å². The lowest BCUT2D eigenvalue weighted by atomic mass is 10.1. The second-order valence-electron chi connectivity index (χ2n) is 4.06. The molecule has 1 saturated heterocycles. The Morgan fingerprint density at radius 2 is 2.13 bits per heavy atom. The maximum Gasteiger partial charge on any atom is 0.237 e. The summed E-state index contributed by atoms with van der Waals surface area (Å²) in [5, 5.41) is 8.50. The van der Waals surface area contributed by atoms with Crippen LogP contribution in [-0.4, -0.2) is 37.0 Å². The lowest BCUT2D eigenvalue weighted by Crippen LogP contribution is -2.53. The monoisotopic (exact) mass is 213 g/mol. The van der Waals surface area contributed by atoms with Gasteiger partial charge in [0.15, 0.2) is 0 Å². The normalized spacial score (nSPS) is 19.5. The van der Waals surface area contributed by atoms with E-state index in [1.807, 2.05) is 13.8 Å². The summed E-state index contributed by atoms with van der Waals surface area (Å²) in [6, 6.07) is 0.111. The predicted octanol–water partition coefficient (Wildman–Crippen LogP) is -0.621. The van der Waals surface area contributed by atoms with Gasteiger partial charge in [0.05, 0.1) is 6.04 Å². The van der Waals surface area contributed by atoms with Gasteiger partial charge in [0.1, 0.15) is 0 Å². The molecule has 0 aromatic rings. The number of carbonyl (C=O) groups excluding carboxylic acids is 2. The quantitative estimate of drug-likeness (QED) is 0.570. The molecule has 3 N–H and O–H groups in total. The highest BCUT2D eigenvalue weighted by atomic mass is 16.2. The van der Waals surface area contributed by atoms with Gasteiger partial charge in [-0.15, -0.1) is 0 Å². The molecule has 1 rings (SSSR count). The van der Waals surface area contributed by atoms with Gasteiger partial charge in [0.25, 0.3) is 0 Å². The Bertz CT molecular complexity index is 237. The van der Waals surface area contributed by atoms with Crippen LogP contribution in [0.5, 0.6) is 0 Å². The zero-order chi connectivity index (χ0) is 11.3. The molecule has 1 fully saturated rings. The highest BCUT2D eigenvalue weighted by molar-refractivity contribution is 5.83. The Hall–Kier alpha value is -1.10. The molecule has 0 aromatic carbocycles. The fraction of sp³-hybridized carbons (Fsp3) is 0.800. The van der Waals surface area contributed by atoms with Gasteiger partial charge in [0, 0.05) is 19.0 Å². The molecule has 1 aliphatic heterocycles. The summed E-state index contributed by atoms with van der Waals surface area (Å²) < 4.78 is 0. The number of amides is 2. The Labute approximate surface area is 90.0 Å². The third-order valence-electron chi connectivity index (χ3n) is 2.24. The van der Waals surface area contributed by atoms with Crippen molar-refractivity contribution in [1.29, 1.82) is 0 Å². The molecular weight excluding hydrogens is 194 g/mol. The van der Waals surface area contributed by atoms with Crippen LogP contribution in [0.15, 0.2) is 0 Å². The predicted molar refractivity (Wildman–Crippen MR) is 57.3 cm³/mol. The Morgan fingerprint density at radius 1 is 1.47 bits per heavy atom. The van der Waals surface area contributed by atoms with E-state index in [4.69, 9.17) is 0 Å². The first kappa shape index (κ1) is 12.0. The van der Waals surface area contributed by atoms with Gasteiger partial charge in [0.2, 0.25) is 11.8 Å². The lowest BCUT2D eigenvalue weighted by molar-refractivity contribution is -0.125. The van der Waals surface area contributed by atoms with Crippen LogP contribution in [0.25, 0.3) is 0 Å². The van der Waals surface area contributed by atoms with Crippen molar-refractivity contribution in [2.75, 3.05) is 13.1 Å². The van der Waals surface area contributed by atoms with E-state index in [9.17, 15) is 9.59 Å². The van der Waals surface area contributed by atoms with Gasteiger partial charge < -0.3 is 16.0 Å². The molecule has 1 atom stereocenters. The van der Waals surface area contributed by atoms with E-state index >= 15 is 0 Å². The molecule has 1 heterocycles. The summed E-state index contributed by atoms with van der Waals surface area (Å²) >= 11 is 0.